The van der Waals surface area contributed by atoms with Crippen LogP contribution >= 0.6 is 24.4 Å². The van der Waals surface area contributed by atoms with E-state index in [1.807, 2.05) is 12.1 Å². The summed E-state index contributed by atoms with van der Waals surface area (Å²) in [5.41, 5.74) is 11.6. The number of thiocarbonyl (C=S) groups is 1. The molecule has 4 rings (SSSR count). The summed E-state index contributed by atoms with van der Waals surface area (Å²) in [5.74, 6) is 0. The molecule has 192 valence electrons. The van der Waals surface area contributed by atoms with Gasteiger partial charge in [0.1, 0.15) is 5.69 Å². The van der Waals surface area contributed by atoms with Gasteiger partial charge in [0.05, 0.1) is 11.4 Å². The Morgan fingerprint density at radius 2 is 1.95 bits per heavy atom. The molecular formula is C19H20N12O4S2. The van der Waals surface area contributed by atoms with Gasteiger partial charge in [-0.3, -0.25) is 10.6 Å². The molecule has 1 saturated heterocycles. The van der Waals surface area contributed by atoms with Crippen molar-refractivity contribution < 1.29 is 19.7 Å². The number of nitrogens with one attached hydrogen (secondary N) is 5. The van der Waals surface area contributed by atoms with Gasteiger partial charge in [-0.05, 0) is 89.7 Å². The maximum atomic E-state index is 12.0. The van der Waals surface area contributed by atoms with Crippen molar-refractivity contribution in [2.24, 2.45) is 5.11 Å². The first-order valence-corrected chi connectivity index (χ1v) is 11.3. The monoisotopic (exact) mass is 544 g/mol. The van der Waals surface area contributed by atoms with Crippen LogP contribution in [0.5, 0.6) is 0 Å². The topological polar surface area (TPSA) is 194 Å². The second-order valence-electron chi connectivity index (χ2n) is 7.63. The lowest BCUT2D eigenvalue weighted by atomic mass is 10.0. The zero-order valence-electron chi connectivity index (χ0n) is 19.1. The van der Waals surface area contributed by atoms with E-state index in [1.54, 1.807) is 24.3 Å². The number of tetrazole rings is 1. The fourth-order valence-electron chi connectivity index (χ4n) is 3.43. The number of nitrogens with zero attached hydrogens (tertiary/aromatic N) is 7. The number of anilines is 2. The van der Waals surface area contributed by atoms with Crippen LogP contribution in [0, 0.1) is 9.98 Å². The Morgan fingerprint density at radius 1 is 1.22 bits per heavy atom. The number of rotatable bonds is 8. The number of hydrogen-bond donors (Lipinski definition) is 6. The number of benzene rings is 2. The van der Waals surface area contributed by atoms with Gasteiger partial charge in [0.2, 0.25) is 9.88 Å². The lowest BCUT2D eigenvalue weighted by molar-refractivity contribution is -0.428. The minimum absolute atomic E-state index is 0.0503. The molecule has 3 amide bonds. The summed E-state index contributed by atoms with van der Waals surface area (Å²) in [7, 11) is 1.20. The average Bonchev–Trinajstić information content (AvgIpc) is 3.50. The summed E-state index contributed by atoms with van der Waals surface area (Å²) < 4.78 is 1.64. The van der Waals surface area contributed by atoms with Crippen molar-refractivity contribution in [2.45, 2.75) is 12.8 Å². The van der Waals surface area contributed by atoms with E-state index in [-0.39, 0.29) is 21.7 Å². The molecule has 0 unspecified atom stereocenters. The molecule has 1 fully saturated rings. The molecule has 1 aliphatic rings. The third-order valence-electron chi connectivity index (χ3n) is 5.02. The Morgan fingerprint density at radius 3 is 2.57 bits per heavy atom. The zero-order valence-corrected chi connectivity index (χ0v) is 20.7. The molecule has 1 aliphatic heterocycles. The first-order chi connectivity index (χ1) is 17.7. The van der Waals surface area contributed by atoms with Crippen molar-refractivity contribution in [3.05, 3.63) is 57.5 Å². The highest BCUT2D eigenvalue weighted by Crippen LogP contribution is 2.26. The number of H-pyrrole nitrogens is 1. The van der Waals surface area contributed by atoms with E-state index in [1.165, 1.54) is 16.7 Å². The Bertz CT molecular complexity index is 1440. The SMILES string of the molecule is CN(O)C(=O)Nc1cc(CCc2cc(N=[N+]([O-])C=O)cc(N3NNNC3=S)c2)cc(-n2[nH]nnc2=S)c1. The van der Waals surface area contributed by atoms with E-state index in [0.29, 0.717) is 40.1 Å². The number of aromatic nitrogens is 4. The number of azo groups is 1. The van der Waals surface area contributed by atoms with Crippen molar-refractivity contribution in [3.63, 3.8) is 0 Å². The summed E-state index contributed by atoms with van der Waals surface area (Å²) in [6, 6.07) is 9.57. The van der Waals surface area contributed by atoms with Gasteiger partial charge in [-0.1, -0.05) is 10.3 Å². The highest BCUT2D eigenvalue weighted by molar-refractivity contribution is 7.80. The molecule has 0 radical (unpaired) electrons. The van der Waals surface area contributed by atoms with Gasteiger partial charge in [-0.15, -0.1) is 5.53 Å². The minimum Gasteiger partial charge on any atom is -0.592 e. The fraction of sp³-hybridized carbons (Fsp3) is 0.158. The van der Waals surface area contributed by atoms with Crippen LogP contribution in [0.1, 0.15) is 11.1 Å². The molecule has 2 aromatic carbocycles. The van der Waals surface area contributed by atoms with Crippen molar-refractivity contribution >= 4 is 59.1 Å². The molecule has 1 aromatic heterocycles. The van der Waals surface area contributed by atoms with E-state index in [0.717, 1.165) is 11.1 Å². The van der Waals surface area contributed by atoms with Gasteiger partial charge < -0.3 is 10.5 Å². The predicted molar refractivity (Wildman–Crippen MR) is 135 cm³/mol. The largest absolute Gasteiger partial charge is 0.592 e. The smallest absolute Gasteiger partial charge is 0.411 e. The molecule has 0 saturated carbocycles. The average molecular weight is 545 g/mol. The van der Waals surface area contributed by atoms with Crippen LogP contribution in [0.2, 0.25) is 0 Å². The minimum atomic E-state index is -0.734. The van der Waals surface area contributed by atoms with E-state index < -0.39 is 6.03 Å². The lowest BCUT2D eigenvalue weighted by Crippen LogP contribution is -2.37. The van der Waals surface area contributed by atoms with Crippen LogP contribution in [0.4, 0.5) is 21.9 Å². The molecular weight excluding hydrogens is 524 g/mol. The summed E-state index contributed by atoms with van der Waals surface area (Å²) in [6.07, 6.45) is 1.00. The Kier molecular flexibility index (Phi) is 7.74. The van der Waals surface area contributed by atoms with Gasteiger partial charge in [-0.2, -0.15) is 10.7 Å². The number of carbonyl (C=O) groups is 2. The quantitative estimate of drug-likeness (QED) is 0.0596. The van der Waals surface area contributed by atoms with E-state index >= 15 is 0 Å². The van der Waals surface area contributed by atoms with Crippen molar-refractivity contribution in [2.75, 3.05) is 17.4 Å². The van der Waals surface area contributed by atoms with Crippen LogP contribution in [-0.2, 0) is 17.6 Å². The number of aryl methyl sites for hydroxylation is 2. The van der Waals surface area contributed by atoms with E-state index in [2.05, 4.69) is 42.5 Å². The second-order valence-corrected chi connectivity index (χ2v) is 8.38. The number of aromatic amines is 1. The lowest BCUT2D eigenvalue weighted by Gasteiger charge is -2.17. The zero-order chi connectivity index (χ0) is 26.5. The fourth-order valence-corrected chi connectivity index (χ4v) is 3.82. The Balaban J connectivity index is 1.66. The van der Waals surface area contributed by atoms with Gasteiger partial charge in [-0.25, -0.2) is 24.3 Å². The molecule has 37 heavy (non-hydrogen) atoms. The standard InChI is InChI=1S/C19H20N12O4S2/c1-28(34)17(33)20-13-4-11(6-15(8-13)30-18(36)21-24-26-30)2-3-12-5-14(23-29(35)10-32)9-16(7-12)31-19(37)22-25-27-31/h4-10,25,27,34H,2-3H2,1H3,(H,20,33)(H,22,37)(H,21,26,36). The van der Waals surface area contributed by atoms with Crippen LogP contribution < -0.4 is 26.8 Å². The summed E-state index contributed by atoms with van der Waals surface area (Å²) in [6.45, 7) is 0. The Labute approximate surface area is 219 Å². The molecule has 0 spiro atoms. The normalized spacial score (nSPS) is 13.4. The number of amides is 3. The van der Waals surface area contributed by atoms with Crippen LogP contribution in [0.25, 0.3) is 5.69 Å². The second kappa shape index (κ2) is 11.1. The molecule has 3 aromatic rings. The van der Waals surface area contributed by atoms with Gasteiger partial charge in [0.15, 0.2) is 0 Å². The van der Waals surface area contributed by atoms with Crippen LogP contribution in [0.15, 0.2) is 41.5 Å². The molecule has 16 nitrogen and oxygen atoms in total. The molecule has 0 aliphatic carbocycles. The summed E-state index contributed by atoms with van der Waals surface area (Å²) in [4.78, 5) is 22.7. The summed E-state index contributed by atoms with van der Waals surface area (Å²) in [5, 5.41) is 39.7. The number of carbonyl (C=O) groups excluding carboxylic acids is 2. The predicted octanol–water partition coefficient (Wildman–Crippen LogP) is 1.33. The summed E-state index contributed by atoms with van der Waals surface area (Å²) >= 11 is 10.4. The van der Waals surface area contributed by atoms with Crippen LogP contribution in [0.3, 0.4) is 0 Å². The number of hydroxylamine groups is 3. The maximum absolute atomic E-state index is 12.0. The molecule has 6 N–H and O–H groups in total. The Hall–Kier alpha value is -4.36. The third-order valence-corrected chi connectivity index (χ3v) is 5.57. The number of hydrazine groups is 3. The molecule has 18 heteroatoms. The molecule has 0 bridgehead atoms. The van der Waals surface area contributed by atoms with Crippen molar-refractivity contribution in [1.82, 2.24) is 41.8 Å². The third kappa shape index (κ3) is 6.26. The maximum Gasteiger partial charge on any atom is 0.411 e. The first kappa shape index (κ1) is 25.7. The first-order valence-electron chi connectivity index (χ1n) is 10.5. The van der Waals surface area contributed by atoms with Gasteiger partial charge >= 0.3 is 12.4 Å². The highest BCUT2D eigenvalue weighted by Gasteiger charge is 2.19. The van der Waals surface area contributed by atoms with Crippen molar-refractivity contribution in [3.8, 4) is 5.69 Å². The molecule has 2 heterocycles. The number of hydrogen-bond acceptors (Lipinski definition) is 11. The van der Waals surface area contributed by atoms with Gasteiger partial charge in [0, 0.05) is 17.8 Å². The van der Waals surface area contributed by atoms with Gasteiger partial charge in [0.25, 0.3) is 0 Å². The van der Waals surface area contributed by atoms with E-state index in [4.69, 9.17) is 24.4 Å². The number of urea groups is 1. The van der Waals surface area contributed by atoms with Crippen molar-refractivity contribution in [1.29, 1.82) is 0 Å². The van der Waals surface area contributed by atoms with Crippen LogP contribution in [-0.4, -0.2) is 59.9 Å². The van der Waals surface area contributed by atoms with E-state index in [9.17, 15) is 20.0 Å². The highest BCUT2D eigenvalue weighted by atomic mass is 32.1. The molecule has 0 atom stereocenters.